The Morgan fingerprint density at radius 2 is 1.67 bits per heavy atom. The van der Waals surface area contributed by atoms with Crippen LogP contribution in [0.3, 0.4) is 0 Å². The maximum absolute atomic E-state index is 13.0. The highest BCUT2D eigenvalue weighted by molar-refractivity contribution is 5.85. The van der Waals surface area contributed by atoms with E-state index in [1.54, 1.807) is 0 Å². The van der Waals surface area contributed by atoms with Gasteiger partial charge in [-0.05, 0) is 30.5 Å². The predicted octanol–water partition coefficient (Wildman–Crippen LogP) is 3.62. The van der Waals surface area contributed by atoms with E-state index in [9.17, 15) is 13.2 Å². The zero-order valence-electron chi connectivity index (χ0n) is 12.3. The monoisotopic (exact) mass is 322 g/mol. The van der Waals surface area contributed by atoms with Crippen LogP contribution in [-0.2, 0) is 0 Å². The van der Waals surface area contributed by atoms with Crippen molar-refractivity contribution in [3.63, 3.8) is 0 Å². The zero-order valence-corrected chi connectivity index (χ0v) is 13.2. The van der Waals surface area contributed by atoms with Gasteiger partial charge in [0.25, 0.3) is 0 Å². The molecule has 1 fully saturated rings. The van der Waals surface area contributed by atoms with E-state index in [2.05, 4.69) is 5.32 Å². The molecule has 1 aromatic rings. The van der Waals surface area contributed by atoms with Gasteiger partial charge in [-0.2, -0.15) is 13.2 Å². The molecule has 120 valence electrons. The number of alkyl halides is 3. The van der Waals surface area contributed by atoms with Crippen molar-refractivity contribution in [2.24, 2.45) is 0 Å². The van der Waals surface area contributed by atoms with Crippen molar-refractivity contribution in [1.29, 1.82) is 0 Å². The SMILES string of the molecule is Cc1cccc(C)c1[C@@H](CC(F)(F)F)N1CCNCC1.Cl. The van der Waals surface area contributed by atoms with Gasteiger partial charge in [-0.3, -0.25) is 4.90 Å². The lowest BCUT2D eigenvalue weighted by Crippen LogP contribution is -2.46. The van der Waals surface area contributed by atoms with E-state index in [0.717, 1.165) is 29.8 Å². The molecule has 0 spiro atoms. The van der Waals surface area contributed by atoms with Crippen LogP contribution in [0, 0.1) is 13.8 Å². The number of benzene rings is 1. The maximum Gasteiger partial charge on any atom is 0.390 e. The molecule has 2 nitrogen and oxygen atoms in total. The summed E-state index contributed by atoms with van der Waals surface area (Å²) in [5, 5.41) is 3.19. The van der Waals surface area contributed by atoms with Crippen LogP contribution in [0.1, 0.15) is 29.2 Å². The molecule has 0 saturated carbocycles. The van der Waals surface area contributed by atoms with Gasteiger partial charge in [-0.25, -0.2) is 0 Å². The molecule has 1 aliphatic heterocycles. The summed E-state index contributed by atoms with van der Waals surface area (Å²) in [4.78, 5) is 1.96. The lowest BCUT2D eigenvalue weighted by atomic mass is 9.92. The summed E-state index contributed by atoms with van der Waals surface area (Å²) in [5.41, 5.74) is 2.72. The number of nitrogens with zero attached hydrogens (tertiary/aromatic N) is 1. The van der Waals surface area contributed by atoms with Gasteiger partial charge in [0.15, 0.2) is 0 Å². The van der Waals surface area contributed by atoms with E-state index in [1.165, 1.54) is 0 Å². The minimum atomic E-state index is -4.15. The van der Waals surface area contributed by atoms with Crippen LogP contribution in [0.5, 0.6) is 0 Å². The van der Waals surface area contributed by atoms with Crippen molar-refractivity contribution in [3.05, 3.63) is 34.9 Å². The third-order valence-corrected chi connectivity index (χ3v) is 3.89. The summed E-state index contributed by atoms with van der Waals surface area (Å²) in [6, 6.07) is 5.12. The quantitative estimate of drug-likeness (QED) is 0.914. The predicted molar refractivity (Wildman–Crippen MR) is 81.0 cm³/mol. The molecule has 1 N–H and O–H groups in total. The van der Waals surface area contributed by atoms with Gasteiger partial charge in [0, 0.05) is 32.2 Å². The number of hydrogen-bond acceptors (Lipinski definition) is 2. The molecule has 0 amide bonds. The molecule has 1 aromatic carbocycles. The third-order valence-electron chi connectivity index (χ3n) is 3.89. The zero-order chi connectivity index (χ0) is 14.8. The van der Waals surface area contributed by atoms with Crippen LogP contribution in [0.25, 0.3) is 0 Å². The first-order valence-corrected chi connectivity index (χ1v) is 6.96. The number of aryl methyl sites for hydroxylation is 2. The number of hydrogen-bond donors (Lipinski definition) is 1. The van der Waals surface area contributed by atoms with Crippen LogP contribution < -0.4 is 5.32 Å². The number of nitrogens with one attached hydrogen (secondary N) is 1. The second kappa shape index (κ2) is 7.47. The Morgan fingerprint density at radius 1 is 1.14 bits per heavy atom. The van der Waals surface area contributed by atoms with Crippen molar-refractivity contribution in [3.8, 4) is 0 Å². The van der Waals surface area contributed by atoms with Gasteiger partial charge < -0.3 is 5.32 Å². The molecule has 1 saturated heterocycles. The van der Waals surface area contributed by atoms with Crippen LogP contribution >= 0.6 is 12.4 Å². The minimum Gasteiger partial charge on any atom is -0.314 e. The molecule has 0 aromatic heterocycles. The molecule has 0 radical (unpaired) electrons. The summed E-state index contributed by atoms with van der Waals surface area (Å²) < 4.78 is 38.9. The minimum absolute atomic E-state index is 0. The Kier molecular flexibility index (Phi) is 6.50. The molecule has 21 heavy (non-hydrogen) atoms. The number of piperazine rings is 1. The molecular weight excluding hydrogens is 301 g/mol. The van der Waals surface area contributed by atoms with Crippen LogP contribution in [0.4, 0.5) is 13.2 Å². The Morgan fingerprint density at radius 3 is 2.14 bits per heavy atom. The normalized spacial score (nSPS) is 18.1. The Bertz CT molecular complexity index is 436. The highest BCUT2D eigenvalue weighted by Crippen LogP contribution is 2.36. The van der Waals surface area contributed by atoms with Gasteiger partial charge in [-0.15, -0.1) is 12.4 Å². The summed E-state index contributed by atoms with van der Waals surface area (Å²) in [7, 11) is 0. The molecule has 0 unspecified atom stereocenters. The fraction of sp³-hybridized carbons (Fsp3) is 0.600. The molecule has 0 bridgehead atoms. The van der Waals surface area contributed by atoms with Crippen molar-refractivity contribution >= 4 is 12.4 Å². The second-order valence-electron chi connectivity index (χ2n) is 5.43. The largest absolute Gasteiger partial charge is 0.390 e. The van der Waals surface area contributed by atoms with Crippen molar-refractivity contribution in [2.75, 3.05) is 26.2 Å². The van der Waals surface area contributed by atoms with Crippen molar-refractivity contribution < 1.29 is 13.2 Å². The average Bonchev–Trinajstić information content (AvgIpc) is 2.37. The first-order valence-electron chi connectivity index (χ1n) is 6.96. The highest BCUT2D eigenvalue weighted by atomic mass is 35.5. The third kappa shape index (κ3) is 4.87. The van der Waals surface area contributed by atoms with E-state index < -0.39 is 18.6 Å². The topological polar surface area (TPSA) is 15.3 Å². The van der Waals surface area contributed by atoms with E-state index in [4.69, 9.17) is 0 Å². The lowest BCUT2D eigenvalue weighted by Gasteiger charge is -2.37. The molecule has 1 aliphatic rings. The van der Waals surface area contributed by atoms with Gasteiger partial charge >= 0.3 is 6.18 Å². The second-order valence-corrected chi connectivity index (χ2v) is 5.43. The summed E-state index contributed by atoms with van der Waals surface area (Å²) in [5.74, 6) is 0. The summed E-state index contributed by atoms with van der Waals surface area (Å²) in [6.45, 7) is 6.61. The van der Waals surface area contributed by atoms with Crippen molar-refractivity contribution in [2.45, 2.75) is 32.5 Å². The van der Waals surface area contributed by atoms with Gasteiger partial charge in [0.2, 0.25) is 0 Å². The van der Waals surface area contributed by atoms with Crippen LogP contribution in [0.2, 0.25) is 0 Å². The molecule has 1 heterocycles. The molecular formula is C15H22ClF3N2. The van der Waals surface area contributed by atoms with Gasteiger partial charge in [0.05, 0.1) is 6.42 Å². The molecule has 6 heteroatoms. The van der Waals surface area contributed by atoms with E-state index >= 15 is 0 Å². The van der Waals surface area contributed by atoms with E-state index in [0.29, 0.717) is 13.1 Å². The first kappa shape index (κ1) is 18.3. The smallest absolute Gasteiger partial charge is 0.314 e. The van der Waals surface area contributed by atoms with Crippen LogP contribution in [-0.4, -0.2) is 37.3 Å². The van der Waals surface area contributed by atoms with Gasteiger partial charge in [-0.1, -0.05) is 18.2 Å². The Labute approximate surface area is 130 Å². The molecule has 0 aliphatic carbocycles. The summed E-state index contributed by atoms with van der Waals surface area (Å²) >= 11 is 0. The standard InChI is InChI=1S/C15H21F3N2.ClH/c1-11-4-3-5-12(2)14(11)13(10-15(16,17)18)20-8-6-19-7-9-20;/h3-5,13,19H,6-10H2,1-2H3;1H/t13-;/m1./s1. The number of rotatable bonds is 3. The fourth-order valence-electron chi connectivity index (χ4n) is 2.98. The van der Waals surface area contributed by atoms with E-state index in [1.807, 2.05) is 36.9 Å². The Hall–Kier alpha value is -0.780. The molecule has 2 rings (SSSR count). The maximum atomic E-state index is 13.0. The fourth-order valence-corrected chi connectivity index (χ4v) is 2.98. The first-order chi connectivity index (χ1) is 9.38. The lowest BCUT2D eigenvalue weighted by molar-refractivity contribution is -0.148. The highest BCUT2D eigenvalue weighted by Gasteiger charge is 2.36. The van der Waals surface area contributed by atoms with Crippen LogP contribution in [0.15, 0.2) is 18.2 Å². The van der Waals surface area contributed by atoms with Crippen molar-refractivity contribution in [1.82, 2.24) is 10.2 Å². The van der Waals surface area contributed by atoms with E-state index in [-0.39, 0.29) is 12.4 Å². The van der Waals surface area contributed by atoms with Gasteiger partial charge in [0.1, 0.15) is 0 Å². The Balaban J connectivity index is 0.00000220. The number of halogens is 4. The summed E-state index contributed by atoms with van der Waals surface area (Å²) in [6.07, 6.45) is -4.93. The average molecular weight is 323 g/mol. The molecule has 1 atom stereocenters.